The summed E-state index contributed by atoms with van der Waals surface area (Å²) in [6.45, 7) is 1.85. The number of aliphatic imine (C=N–C) groups is 1. The Morgan fingerprint density at radius 3 is 2.74 bits per heavy atom. The maximum Gasteiger partial charge on any atom is 0.312 e. The van der Waals surface area contributed by atoms with E-state index in [1.165, 1.54) is 12.3 Å². The highest BCUT2D eigenvalue weighted by molar-refractivity contribution is 6.31. The summed E-state index contributed by atoms with van der Waals surface area (Å²) in [4.78, 5) is 14.5. The summed E-state index contributed by atoms with van der Waals surface area (Å²) in [6, 6.07) is 9.67. The highest BCUT2D eigenvalue weighted by atomic mass is 35.5. The zero-order valence-electron chi connectivity index (χ0n) is 12.6. The summed E-state index contributed by atoms with van der Waals surface area (Å²) in [5.74, 6) is 0.230. The number of nitro groups is 1. The van der Waals surface area contributed by atoms with Crippen LogP contribution in [0.2, 0.25) is 5.02 Å². The highest BCUT2D eigenvalue weighted by Gasteiger charge is 2.18. The minimum atomic E-state index is -0.692. The van der Waals surface area contributed by atoms with Crippen molar-refractivity contribution in [2.45, 2.75) is 13.0 Å². The maximum absolute atomic E-state index is 10.9. The molecule has 120 valence electrons. The first-order chi connectivity index (χ1) is 10.9. The maximum atomic E-state index is 10.9. The van der Waals surface area contributed by atoms with Gasteiger partial charge in [0.1, 0.15) is 5.75 Å². The number of halogens is 1. The molecule has 0 saturated carbocycles. The number of nitro benzene ring substituents is 1. The van der Waals surface area contributed by atoms with Gasteiger partial charge in [0.15, 0.2) is 0 Å². The van der Waals surface area contributed by atoms with Gasteiger partial charge in [0, 0.05) is 28.4 Å². The number of para-hydroxylation sites is 1. The molecule has 1 N–H and O–H groups in total. The van der Waals surface area contributed by atoms with Crippen LogP contribution in [0.25, 0.3) is 0 Å². The van der Waals surface area contributed by atoms with Gasteiger partial charge in [0.25, 0.3) is 0 Å². The van der Waals surface area contributed by atoms with Crippen molar-refractivity contribution in [3.8, 4) is 11.5 Å². The van der Waals surface area contributed by atoms with Crippen molar-refractivity contribution < 1.29 is 14.8 Å². The van der Waals surface area contributed by atoms with Crippen LogP contribution in [-0.2, 0) is 0 Å². The standard InChI is InChI=1S/C16H15ClN2O4/c1-10(13-5-3-4-6-15(13)23-2)18-9-11-7-12(17)8-14(16(11)20)19(21)22/h3-10,20H,1-2H3/t10-/m1/s1. The summed E-state index contributed by atoms with van der Waals surface area (Å²) in [5, 5.41) is 21.0. The minimum absolute atomic E-state index is 0.154. The molecule has 0 fully saturated rings. The van der Waals surface area contributed by atoms with Gasteiger partial charge in [-0.2, -0.15) is 0 Å². The number of phenolic OH excluding ortho intramolecular Hbond substituents is 1. The first-order valence-corrected chi connectivity index (χ1v) is 7.14. The lowest BCUT2D eigenvalue weighted by atomic mass is 10.1. The Morgan fingerprint density at radius 1 is 1.39 bits per heavy atom. The summed E-state index contributed by atoms with van der Waals surface area (Å²) in [7, 11) is 1.57. The van der Waals surface area contributed by atoms with Crippen LogP contribution in [0.3, 0.4) is 0 Å². The molecule has 0 bridgehead atoms. The van der Waals surface area contributed by atoms with E-state index in [-0.39, 0.29) is 16.6 Å². The van der Waals surface area contributed by atoms with Crippen LogP contribution in [0.15, 0.2) is 41.4 Å². The van der Waals surface area contributed by atoms with Crippen molar-refractivity contribution in [2.24, 2.45) is 4.99 Å². The number of rotatable bonds is 5. The molecule has 0 radical (unpaired) electrons. The Balaban J connectivity index is 2.35. The van der Waals surface area contributed by atoms with Gasteiger partial charge in [0.2, 0.25) is 5.75 Å². The van der Waals surface area contributed by atoms with Gasteiger partial charge < -0.3 is 9.84 Å². The molecule has 0 aliphatic heterocycles. The van der Waals surface area contributed by atoms with Crippen LogP contribution in [0.4, 0.5) is 5.69 Å². The van der Waals surface area contributed by atoms with E-state index in [4.69, 9.17) is 16.3 Å². The number of phenols is 1. The van der Waals surface area contributed by atoms with E-state index in [1.807, 2.05) is 31.2 Å². The third-order valence-corrected chi connectivity index (χ3v) is 3.53. The van der Waals surface area contributed by atoms with Crippen LogP contribution in [0, 0.1) is 10.1 Å². The van der Waals surface area contributed by atoms with Gasteiger partial charge in [-0.25, -0.2) is 0 Å². The SMILES string of the molecule is COc1ccccc1[C@@H](C)N=Cc1cc(Cl)cc([N+](=O)[O-])c1O. The molecule has 2 rings (SSSR count). The molecule has 0 heterocycles. The van der Waals surface area contributed by atoms with Crippen molar-refractivity contribution in [1.82, 2.24) is 0 Å². The second kappa shape index (κ2) is 7.11. The van der Waals surface area contributed by atoms with Crippen molar-refractivity contribution in [3.63, 3.8) is 0 Å². The topological polar surface area (TPSA) is 85.0 Å². The first kappa shape index (κ1) is 16.8. The van der Waals surface area contributed by atoms with Crippen molar-refractivity contribution in [1.29, 1.82) is 0 Å². The van der Waals surface area contributed by atoms with Gasteiger partial charge >= 0.3 is 5.69 Å². The van der Waals surface area contributed by atoms with Crippen molar-refractivity contribution >= 4 is 23.5 Å². The van der Waals surface area contributed by atoms with Crippen LogP contribution in [0.1, 0.15) is 24.1 Å². The number of hydrogen-bond acceptors (Lipinski definition) is 5. The van der Waals surface area contributed by atoms with Gasteiger partial charge in [0.05, 0.1) is 18.1 Å². The fraction of sp³-hybridized carbons (Fsp3) is 0.188. The molecule has 0 spiro atoms. The van der Waals surface area contributed by atoms with Crippen molar-refractivity contribution in [2.75, 3.05) is 7.11 Å². The second-order valence-corrected chi connectivity index (χ2v) is 5.25. The number of ether oxygens (including phenoxy) is 1. The van der Waals surface area contributed by atoms with E-state index in [0.29, 0.717) is 5.75 Å². The Morgan fingerprint density at radius 2 is 2.09 bits per heavy atom. The predicted molar refractivity (Wildman–Crippen MR) is 88.8 cm³/mol. The third-order valence-electron chi connectivity index (χ3n) is 3.31. The molecule has 0 amide bonds. The zero-order valence-corrected chi connectivity index (χ0v) is 13.3. The largest absolute Gasteiger partial charge is 0.502 e. The minimum Gasteiger partial charge on any atom is -0.502 e. The lowest BCUT2D eigenvalue weighted by molar-refractivity contribution is -0.385. The van der Waals surface area contributed by atoms with Crippen LogP contribution < -0.4 is 4.74 Å². The molecule has 1 atom stereocenters. The average molecular weight is 335 g/mol. The number of aromatic hydroxyl groups is 1. The number of nitrogens with zero attached hydrogens (tertiary/aromatic N) is 2. The van der Waals surface area contributed by atoms with Crippen LogP contribution in [0.5, 0.6) is 11.5 Å². The van der Waals surface area contributed by atoms with Gasteiger partial charge in [-0.15, -0.1) is 0 Å². The van der Waals surface area contributed by atoms with E-state index >= 15 is 0 Å². The number of benzene rings is 2. The molecule has 2 aromatic rings. The van der Waals surface area contributed by atoms with E-state index in [0.717, 1.165) is 11.6 Å². The summed E-state index contributed by atoms with van der Waals surface area (Å²) < 4.78 is 5.28. The highest BCUT2D eigenvalue weighted by Crippen LogP contribution is 2.33. The molecule has 6 nitrogen and oxygen atoms in total. The van der Waals surface area contributed by atoms with Crippen LogP contribution in [-0.4, -0.2) is 23.4 Å². The summed E-state index contributed by atoms with van der Waals surface area (Å²) >= 11 is 5.85. The van der Waals surface area contributed by atoms with E-state index in [2.05, 4.69) is 4.99 Å². The van der Waals surface area contributed by atoms with Gasteiger partial charge in [-0.05, 0) is 19.1 Å². The van der Waals surface area contributed by atoms with Crippen molar-refractivity contribution in [3.05, 3.63) is 62.7 Å². The number of methoxy groups -OCH3 is 1. The molecular formula is C16H15ClN2O4. The lowest BCUT2D eigenvalue weighted by Gasteiger charge is -2.11. The Kier molecular flexibility index (Phi) is 5.18. The Labute approximate surface area is 138 Å². The van der Waals surface area contributed by atoms with E-state index < -0.39 is 16.4 Å². The van der Waals surface area contributed by atoms with Gasteiger partial charge in [-0.1, -0.05) is 29.8 Å². The first-order valence-electron chi connectivity index (χ1n) is 6.77. The third kappa shape index (κ3) is 3.78. The van der Waals surface area contributed by atoms with E-state index in [1.54, 1.807) is 7.11 Å². The molecule has 7 heteroatoms. The monoisotopic (exact) mass is 334 g/mol. The fourth-order valence-electron chi connectivity index (χ4n) is 2.13. The second-order valence-electron chi connectivity index (χ2n) is 4.82. The molecule has 0 unspecified atom stereocenters. The van der Waals surface area contributed by atoms with Gasteiger partial charge in [-0.3, -0.25) is 15.1 Å². The zero-order chi connectivity index (χ0) is 17.0. The molecule has 0 aliphatic carbocycles. The fourth-order valence-corrected chi connectivity index (χ4v) is 2.35. The summed E-state index contributed by atoms with van der Waals surface area (Å²) in [6.07, 6.45) is 1.37. The molecule has 2 aromatic carbocycles. The molecule has 0 saturated heterocycles. The molecule has 0 aliphatic rings. The Bertz CT molecular complexity index is 762. The number of hydrogen-bond donors (Lipinski definition) is 1. The molecular weight excluding hydrogens is 320 g/mol. The average Bonchev–Trinajstić information content (AvgIpc) is 2.54. The summed E-state index contributed by atoms with van der Waals surface area (Å²) in [5.41, 5.74) is 0.595. The van der Waals surface area contributed by atoms with Crippen LogP contribution >= 0.6 is 11.6 Å². The Hall–Kier alpha value is -2.60. The van der Waals surface area contributed by atoms with E-state index in [9.17, 15) is 15.2 Å². The predicted octanol–water partition coefficient (Wildman–Crippen LogP) is 4.14. The molecule has 0 aromatic heterocycles. The normalized spacial score (nSPS) is 12.3. The quantitative estimate of drug-likeness (QED) is 0.506. The smallest absolute Gasteiger partial charge is 0.312 e. The lowest BCUT2D eigenvalue weighted by Crippen LogP contribution is -1.97. The molecule has 23 heavy (non-hydrogen) atoms.